The zero-order valence-electron chi connectivity index (χ0n) is 33.3. The van der Waals surface area contributed by atoms with E-state index in [-0.39, 0.29) is 26.4 Å². The van der Waals surface area contributed by atoms with Gasteiger partial charge >= 0.3 is 0 Å². The molecule has 0 aromatic heterocycles. The van der Waals surface area contributed by atoms with E-state index in [0.717, 1.165) is 22.3 Å². The van der Waals surface area contributed by atoms with Gasteiger partial charge in [0.15, 0.2) is 6.29 Å². The first-order chi connectivity index (χ1) is 28.0. The van der Waals surface area contributed by atoms with Crippen molar-refractivity contribution in [3.63, 3.8) is 0 Å². The Morgan fingerprint density at radius 2 is 0.982 bits per heavy atom. The SMILES string of the molecule is C=C[C@]1(OCC2O[C@@H](OC)C(OC)[C@@H](OC)[C@H]2OC)OC(COCc2ccccc2)[C@H](OCc2ccccc2)[C@H](OCc2ccccc2)C1OCc1ccccc1. The van der Waals surface area contributed by atoms with Gasteiger partial charge in [0, 0.05) is 28.4 Å². The molecule has 2 aliphatic heterocycles. The van der Waals surface area contributed by atoms with Gasteiger partial charge in [-0.1, -0.05) is 128 Å². The summed E-state index contributed by atoms with van der Waals surface area (Å²) >= 11 is 0. The summed E-state index contributed by atoms with van der Waals surface area (Å²) in [6.45, 7) is 5.56. The van der Waals surface area contributed by atoms with Crippen molar-refractivity contribution in [1.29, 1.82) is 0 Å². The maximum atomic E-state index is 7.08. The van der Waals surface area contributed by atoms with Crippen LogP contribution in [0.3, 0.4) is 0 Å². The van der Waals surface area contributed by atoms with Gasteiger partial charge in [0.1, 0.15) is 48.8 Å². The predicted octanol–water partition coefficient (Wildman–Crippen LogP) is 6.67. The van der Waals surface area contributed by atoms with Gasteiger partial charge in [-0.15, -0.1) is 0 Å². The lowest BCUT2D eigenvalue weighted by Gasteiger charge is -2.52. The molecular weight excluding hydrogens is 728 g/mol. The minimum absolute atomic E-state index is 0.0234. The summed E-state index contributed by atoms with van der Waals surface area (Å²) in [6, 6.07) is 39.9. The number of hydrogen-bond acceptors (Lipinski definition) is 11. The van der Waals surface area contributed by atoms with E-state index in [0.29, 0.717) is 13.2 Å². The van der Waals surface area contributed by atoms with Crippen LogP contribution in [0.4, 0.5) is 0 Å². The quantitative estimate of drug-likeness (QED) is 0.0847. The Hall–Kier alpha value is -3.82. The van der Waals surface area contributed by atoms with Gasteiger partial charge < -0.3 is 52.1 Å². The van der Waals surface area contributed by atoms with E-state index in [9.17, 15) is 0 Å². The van der Waals surface area contributed by atoms with E-state index in [2.05, 4.69) is 6.58 Å². The highest BCUT2D eigenvalue weighted by molar-refractivity contribution is 5.18. The zero-order valence-corrected chi connectivity index (χ0v) is 33.3. The standard InChI is InChI=1S/C46H56O11/c1-6-46(55-32-37-39(47-2)41(48-3)43(49-4)45(50-5)56-37)44(54-30-36-25-17-10-18-26-36)42(53-29-35-23-15-9-16-24-35)40(52-28-34-21-13-8-14-22-34)38(57-46)31-51-27-33-19-11-7-12-20-33/h6-26,37-45H,1,27-32H2,2-5H3/t37?,38?,39-,40-,41-,42-,43?,44?,45+,46-/m0/s1. The fraction of sp³-hybridized carbons (Fsp3) is 0.435. The summed E-state index contributed by atoms with van der Waals surface area (Å²) < 4.78 is 70.7. The molecule has 2 fully saturated rings. The first-order valence-corrected chi connectivity index (χ1v) is 19.3. The number of benzene rings is 4. The Bertz CT molecular complexity index is 1720. The van der Waals surface area contributed by atoms with Crippen molar-refractivity contribution in [3.05, 3.63) is 156 Å². The summed E-state index contributed by atoms with van der Waals surface area (Å²) in [5, 5.41) is 0. The van der Waals surface area contributed by atoms with Gasteiger partial charge in [-0.3, -0.25) is 0 Å². The van der Waals surface area contributed by atoms with Crippen LogP contribution in [0.15, 0.2) is 134 Å². The predicted molar refractivity (Wildman–Crippen MR) is 213 cm³/mol. The molecular formula is C46H56O11. The Kier molecular flexibility index (Phi) is 16.4. The van der Waals surface area contributed by atoms with Crippen LogP contribution in [0.25, 0.3) is 0 Å². The smallest absolute Gasteiger partial charge is 0.217 e. The van der Waals surface area contributed by atoms with E-state index in [1.54, 1.807) is 34.5 Å². The van der Waals surface area contributed by atoms with Crippen molar-refractivity contribution < 1.29 is 52.1 Å². The Morgan fingerprint density at radius 3 is 1.46 bits per heavy atom. The second-order valence-electron chi connectivity index (χ2n) is 14.0. The van der Waals surface area contributed by atoms with E-state index in [1.807, 2.05) is 121 Å². The minimum Gasteiger partial charge on any atom is -0.376 e. The lowest BCUT2D eigenvalue weighted by Crippen LogP contribution is -2.68. The first kappa shape index (κ1) is 42.8. The lowest BCUT2D eigenvalue weighted by atomic mass is 9.91. The monoisotopic (exact) mass is 784 g/mol. The molecule has 2 aliphatic rings. The van der Waals surface area contributed by atoms with Crippen molar-refractivity contribution in [2.75, 3.05) is 41.7 Å². The number of methoxy groups -OCH3 is 4. The highest BCUT2D eigenvalue weighted by atomic mass is 16.8. The van der Waals surface area contributed by atoms with Crippen molar-refractivity contribution in [2.24, 2.45) is 0 Å². The van der Waals surface area contributed by atoms with Crippen LogP contribution in [0, 0.1) is 0 Å². The normalized spacial score (nSPS) is 28.9. The molecule has 4 aromatic rings. The fourth-order valence-electron chi connectivity index (χ4n) is 7.42. The summed E-state index contributed by atoms with van der Waals surface area (Å²) in [7, 11) is 6.34. The molecule has 11 nitrogen and oxygen atoms in total. The number of ether oxygens (including phenoxy) is 11. The van der Waals surface area contributed by atoms with Crippen LogP contribution < -0.4 is 0 Å². The molecule has 4 unspecified atom stereocenters. The Labute approximate surface area is 336 Å². The molecule has 0 bridgehead atoms. The van der Waals surface area contributed by atoms with E-state index in [1.165, 1.54) is 0 Å². The second kappa shape index (κ2) is 21.8. The molecule has 4 aromatic carbocycles. The van der Waals surface area contributed by atoms with Gasteiger partial charge in [-0.05, 0) is 28.3 Å². The van der Waals surface area contributed by atoms with Crippen LogP contribution in [-0.2, 0) is 78.5 Å². The summed E-state index contributed by atoms with van der Waals surface area (Å²) in [4.78, 5) is 0. The van der Waals surface area contributed by atoms with Crippen LogP contribution in [0.5, 0.6) is 0 Å². The third kappa shape index (κ3) is 11.0. The van der Waals surface area contributed by atoms with Gasteiger partial charge in [-0.25, -0.2) is 0 Å². The highest BCUT2D eigenvalue weighted by Crippen LogP contribution is 2.40. The molecule has 11 heteroatoms. The molecule has 0 spiro atoms. The fourth-order valence-corrected chi connectivity index (χ4v) is 7.42. The van der Waals surface area contributed by atoms with Gasteiger partial charge in [0.2, 0.25) is 5.79 Å². The topological polar surface area (TPSA) is 102 Å². The first-order valence-electron chi connectivity index (χ1n) is 19.3. The Morgan fingerprint density at radius 1 is 0.509 bits per heavy atom. The molecule has 0 N–H and O–H groups in total. The molecule has 2 saturated heterocycles. The molecule has 0 amide bonds. The van der Waals surface area contributed by atoms with Crippen molar-refractivity contribution in [3.8, 4) is 0 Å². The van der Waals surface area contributed by atoms with E-state index in [4.69, 9.17) is 52.1 Å². The third-order valence-electron chi connectivity index (χ3n) is 10.4. The van der Waals surface area contributed by atoms with E-state index >= 15 is 0 Å². The van der Waals surface area contributed by atoms with Gasteiger partial charge in [0.25, 0.3) is 0 Å². The van der Waals surface area contributed by atoms with Gasteiger partial charge in [0.05, 0.1) is 39.6 Å². The molecule has 6 rings (SSSR count). The molecule has 0 aliphatic carbocycles. The second-order valence-corrected chi connectivity index (χ2v) is 14.0. The largest absolute Gasteiger partial charge is 0.376 e. The number of rotatable bonds is 21. The maximum Gasteiger partial charge on any atom is 0.217 e. The van der Waals surface area contributed by atoms with Crippen molar-refractivity contribution in [2.45, 2.75) is 87.3 Å². The maximum absolute atomic E-state index is 7.08. The van der Waals surface area contributed by atoms with Crippen LogP contribution in [0.2, 0.25) is 0 Å². The molecule has 2 heterocycles. The minimum atomic E-state index is -1.59. The van der Waals surface area contributed by atoms with Crippen LogP contribution in [-0.4, -0.2) is 103 Å². The average molecular weight is 785 g/mol. The average Bonchev–Trinajstić information content (AvgIpc) is 3.27. The van der Waals surface area contributed by atoms with E-state index < -0.39 is 60.9 Å². The Balaban J connectivity index is 1.37. The molecule has 0 radical (unpaired) electrons. The lowest BCUT2D eigenvalue weighted by molar-refractivity contribution is -0.375. The van der Waals surface area contributed by atoms with Crippen LogP contribution in [0.1, 0.15) is 22.3 Å². The molecule has 10 atom stereocenters. The highest BCUT2D eigenvalue weighted by Gasteiger charge is 2.58. The zero-order chi connectivity index (χ0) is 39.9. The summed E-state index contributed by atoms with van der Waals surface area (Å²) in [5.74, 6) is -1.59. The van der Waals surface area contributed by atoms with Crippen LogP contribution >= 0.6 is 0 Å². The molecule has 0 saturated carbocycles. The van der Waals surface area contributed by atoms with Gasteiger partial charge in [-0.2, -0.15) is 0 Å². The summed E-state index contributed by atoms with van der Waals surface area (Å²) in [6.07, 6.45) is -4.46. The molecule has 57 heavy (non-hydrogen) atoms. The summed E-state index contributed by atoms with van der Waals surface area (Å²) in [5.41, 5.74) is 3.96. The third-order valence-corrected chi connectivity index (χ3v) is 10.4. The van der Waals surface area contributed by atoms with Crippen molar-refractivity contribution in [1.82, 2.24) is 0 Å². The number of hydrogen-bond donors (Lipinski definition) is 0. The molecule has 306 valence electrons. The van der Waals surface area contributed by atoms with Crippen molar-refractivity contribution >= 4 is 0 Å².